The molecule has 2 N–H and O–H groups in total. The molecule has 0 fully saturated rings. The topological polar surface area (TPSA) is 49.3 Å². The molecule has 0 saturated heterocycles. The third-order valence-electron chi connectivity index (χ3n) is 2.50. The van der Waals surface area contributed by atoms with Gasteiger partial charge < -0.3 is 10.4 Å². The van der Waals surface area contributed by atoms with E-state index in [0.717, 1.165) is 16.9 Å². The first-order chi connectivity index (χ1) is 8.15. The fourth-order valence-electron chi connectivity index (χ4n) is 1.26. The van der Waals surface area contributed by atoms with E-state index in [9.17, 15) is 4.79 Å². The summed E-state index contributed by atoms with van der Waals surface area (Å²) in [6, 6.07) is 7.82. The molecular weight excluding hydrogens is 234 g/mol. The minimum Gasteiger partial charge on any atom is -0.392 e. The van der Waals surface area contributed by atoms with E-state index in [2.05, 4.69) is 5.32 Å². The number of benzene rings is 1. The summed E-state index contributed by atoms with van der Waals surface area (Å²) in [5.41, 5.74) is 0.887. The molecule has 0 aliphatic heterocycles. The molecule has 3 nitrogen and oxygen atoms in total. The van der Waals surface area contributed by atoms with Crippen LogP contribution >= 0.6 is 11.8 Å². The Balaban J connectivity index is 2.36. The van der Waals surface area contributed by atoms with Crippen LogP contribution in [0.5, 0.6) is 0 Å². The van der Waals surface area contributed by atoms with Crippen LogP contribution in [0.2, 0.25) is 0 Å². The molecule has 0 aromatic heterocycles. The summed E-state index contributed by atoms with van der Waals surface area (Å²) < 4.78 is 0. The van der Waals surface area contributed by atoms with Crippen molar-refractivity contribution in [2.45, 2.75) is 37.8 Å². The summed E-state index contributed by atoms with van der Waals surface area (Å²) in [5.74, 6) is 0.499. The predicted molar refractivity (Wildman–Crippen MR) is 71.0 cm³/mol. The minimum atomic E-state index is 0.0550. The fourth-order valence-corrected chi connectivity index (χ4v) is 1.97. The van der Waals surface area contributed by atoms with Crippen LogP contribution < -0.4 is 5.32 Å². The molecule has 0 bridgehead atoms. The third kappa shape index (κ3) is 5.24. The second kappa shape index (κ2) is 7.35. The van der Waals surface area contributed by atoms with Gasteiger partial charge in [-0.15, -0.1) is 11.8 Å². The first-order valence-electron chi connectivity index (χ1n) is 5.77. The highest BCUT2D eigenvalue weighted by Crippen LogP contribution is 2.18. The molecular formula is C13H19NO2S. The fraction of sp³-hybridized carbons (Fsp3) is 0.462. The summed E-state index contributed by atoms with van der Waals surface area (Å²) >= 11 is 1.51. The van der Waals surface area contributed by atoms with E-state index in [-0.39, 0.29) is 18.6 Å². The van der Waals surface area contributed by atoms with Gasteiger partial charge >= 0.3 is 0 Å². The molecule has 0 radical (unpaired) electrons. The number of thioether (sulfide) groups is 1. The van der Waals surface area contributed by atoms with Gasteiger partial charge in [-0.2, -0.15) is 0 Å². The van der Waals surface area contributed by atoms with Crippen molar-refractivity contribution < 1.29 is 9.90 Å². The molecule has 94 valence electrons. The van der Waals surface area contributed by atoms with Gasteiger partial charge in [0.1, 0.15) is 0 Å². The number of aliphatic hydroxyl groups excluding tert-OH is 1. The number of carbonyl (C=O) groups is 1. The van der Waals surface area contributed by atoms with Crippen LogP contribution in [0.1, 0.15) is 25.8 Å². The van der Waals surface area contributed by atoms with Crippen molar-refractivity contribution in [3.63, 3.8) is 0 Å². The highest BCUT2D eigenvalue weighted by Gasteiger charge is 2.05. The molecule has 0 aliphatic carbocycles. The van der Waals surface area contributed by atoms with Crippen LogP contribution in [0.3, 0.4) is 0 Å². The van der Waals surface area contributed by atoms with E-state index in [0.29, 0.717) is 5.75 Å². The van der Waals surface area contributed by atoms with E-state index in [1.165, 1.54) is 11.8 Å². The SMILES string of the molecule is CCC(C)NC(=O)CSc1ccc(CO)cc1. The third-order valence-corrected chi connectivity index (χ3v) is 3.51. The molecule has 1 aromatic carbocycles. The highest BCUT2D eigenvalue weighted by molar-refractivity contribution is 8.00. The number of rotatable bonds is 6. The number of hydrogen-bond acceptors (Lipinski definition) is 3. The van der Waals surface area contributed by atoms with Gasteiger partial charge in [0.25, 0.3) is 0 Å². The number of amides is 1. The van der Waals surface area contributed by atoms with E-state index in [1.807, 2.05) is 38.1 Å². The smallest absolute Gasteiger partial charge is 0.230 e. The van der Waals surface area contributed by atoms with E-state index in [1.54, 1.807) is 0 Å². The van der Waals surface area contributed by atoms with Crippen molar-refractivity contribution in [3.8, 4) is 0 Å². The first-order valence-corrected chi connectivity index (χ1v) is 6.76. The lowest BCUT2D eigenvalue weighted by Gasteiger charge is -2.10. The number of carbonyl (C=O) groups excluding carboxylic acids is 1. The van der Waals surface area contributed by atoms with Crippen LogP contribution in [0, 0.1) is 0 Å². The molecule has 0 spiro atoms. The van der Waals surface area contributed by atoms with E-state index >= 15 is 0 Å². The summed E-state index contributed by atoms with van der Waals surface area (Å²) in [6.07, 6.45) is 0.946. The highest BCUT2D eigenvalue weighted by atomic mass is 32.2. The van der Waals surface area contributed by atoms with E-state index < -0.39 is 0 Å². The Morgan fingerprint density at radius 2 is 2.06 bits per heavy atom. The normalized spacial score (nSPS) is 12.2. The molecule has 4 heteroatoms. The molecule has 17 heavy (non-hydrogen) atoms. The van der Waals surface area contributed by atoms with Gasteiger partial charge in [-0.1, -0.05) is 19.1 Å². The standard InChI is InChI=1S/C13H19NO2S/c1-3-10(2)14-13(16)9-17-12-6-4-11(8-15)5-7-12/h4-7,10,15H,3,8-9H2,1-2H3,(H,14,16). The van der Waals surface area contributed by atoms with Gasteiger partial charge in [0.05, 0.1) is 12.4 Å². The molecule has 0 saturated carbocycles. The van der Waals surface area contributed by atoms with Gasteiger partial charge in [0.15, 0.2) is 0 Å². The summed E-state index contributed by atoms with van der Waals surface area (Å²) in [4.78, 5) is 12.6. The minimum absolute atomic E-state index is 0.0550. The molecule has 0 heterocycles. The lowest BCUT2D eigenvalue weighted by molar-refractivity contribution is -0.119. The maximum atomic E-state index is 11.5. The number of hydrogen-bond donors (Lipinski definition) is 2. The van der Waals surface area contributed by atoms with Crippen molar-refractivity contribution in [2.24, 2.45) is 0 Å². The van der Waals surface area contributed by atoms with Crippen LogP contribution in [-0.2, 0) is 11.4 Å². The van der Waals surface area contributed by atoms with Gasteiger partial charge in [-0.25, -0.2) is 0 Å². The van der Waals surface area contributed by atoms with Crippen LogP contribution in [-0.4, -0.2) is 22.8 Å². The number of nitrogens with one attached hydrogen (secondary N) is 1. The van der Waals surface area contributed by atoms with Gasteiger partial charge in [-0.3, -0.25) is 4.79 Å². The predicted octanol–water partition coefficient (Wildman–Crippen LogP) is 2.19. The summed E-state index contributed by atoms with van der Waals surface area (Å²) in [7, 11) is 0. The average molecular weight is 253 g/mol. The second-order valence-corrected chi connectivity index (χ2v) is 5.02. The largest absolute Gasteiger partial charge is 0.392 e. The Hall–Kier alpha value is -1.00. The zero-order chi connectivity index (χ0) is 12.7. The van der Waals surface area contributed by atoms with Crippen molar-refractivity contribution in [1.29, 1.82) is 0 Å². The zero-order valence-electron chi connectivity index (χ0n) is 10.3. The number of aliphatic hydroxyl groups is 1. The Kier molecular flexibility index (Phi) is 6.08. The summed E-state index contributed by atoms with van der Waals surface area (Å²) in [5, 5.41) is 11.8. The Bertz CT molecular complexity index is 351. The average Bonchev–Trinajstić information content (AvgIpc) is 2.36. The monoisotopic (exact) mass is 253 g/mol. The van der Waals surface area contributed by atoms with Gasteiger partial charge in [-0.05, 0) is 31.0 Å². The Morgan fingerprint density at radius 3 is 2.59 bits per heavy atom. The lowest BCUT2D eigenvalue weighted by atomic mass is 10.2. The van der Waals surface area contributed by atoms with Crippen molar-refractivity contribution in [1.82, 2.24) is 5.32 Å². The maximum absolute atomic E-state index is 11.5. The molecule has 1 atom stereocenters. The second-order valence-electron chi connectivity index (χ2n) is 3.97. The molecule has 1 aromatic rings. The van der Waals surface area contributed by atoms with Crippen molar-refractivity contribution in [2.75, 3.05) is 5.75 Å². The van der Waals surface area contributed by atoms with E-state index in [4.69, 9.17) is 5.11 Å². The van der Waals surface area contributed by atoms with Gasteiger partial charge in [0, 0.05) is 10.9 Å². The van der Waals surface area contributed by atoms with Gasteiger partial charge in [0.2, 0.25) is 5.91 Å². The van der Waals surface area contributed by atoms with Crippen LogP contribution in [0.25, 0.3) is 0 Å². The molecule has 1 amide bonds. The molecule has 1 rings (SSSR count). The lowest BCUT2D eigenvalue weighted by Crippen LogP contribution is -2.33. The Morgan fingerprint density at radius 1 is 1.41 bits per heavy atom. The molecule has 0 aliphatic rings. The Labute approximate surface area is 107 Å². The first kappa shape index (κ1) is 14.1. The quantitative estimate of drug-likeness (QED) is 0.764. The van der Waals surface area contributed by atoms with Crippen LogP contribution in [0.4, 0.5) is 0 Å². The molecule has 1 unspecified atom stereocenters. The summed E-state index contributed by atoms with van der Waals surface area (Å²) in [6.45, 7) is 4.10. The van der Waals surface area contributed by atoms with Crippen molar-refractivity contribution in [3.05, 3.63) is 29.8 Å². The van der Waals surface area contributed by atoms with Crippen LogP contribution in [0.15, 0.2) is 29.2 Å². The van der Waals surface area contributed by atoms with Crippen molar-refractivity contribution >= 4 is 17.7 Å². The maximum Gasteiger partial charge on any atom is 0.230 e. The zero-order valence-corrected chi connectivity index (χ0v) is 11.1.